The molecular formula is C23H22ClN3OS. The molecule has 3 aromatic rings. The molecule has 0 radical (unpaired) electrons. The van der Waals surface area contributed by atoms with Crippen LogP contribution in [0.4, 0.5) is 0 Å². The van der Waals surface area contributed by atoms with Crippen LogP contribution in [-0.4, -0.2) is 33.9 Å². The van der Waals surface area contributed by atoms with Crippen molar-refractivity contribution in [2.75, 3.05) is 13.1 Å². The summed E-state index contributed by atoms with van der Waals surface area (Å²) in [5.74, 6) is 0.552. The van der Waals surface area contributed by atoms with Gasteiger partial charge >= 0.3 is 0 Å². The Balaban J connectivity index is 1.52. The minimum atomic E-state index is 0.218. The molecule has 0 saturated heterocycles. The molecule has 0 atom stereocenters. The van der Waals surface area contributed by atoms with E-state index in [9.17, 15) is 5.11 Å². The van der Waals surface area contributed by atoms with E-state index in [2.05, 4.69) is 31.2 Å². The van der Waals surface area contributed by atoms with Crippen molar-refractivity contribution in [1.82, 2.24) is 9.88 Å². The van der Waals surface area contributed by atoms with E-state index in [0.717, 1.165) is 28.1 Å². The lowest BCUT2D eigenvalue weighted by molar-refractivity contribution is 0.351. The minimum Gasteiger partial charge on any atom is -0.510 e. The van der Waals surface area contributed by atoms with Gasteiger partial charge in [0.15, 0.2) is 0 Å². The Bertz CT molecular complexity index is 1080. The number of halogens is 1. The number of aryl methyl sites for hydroxylation is 2. The van der Waals surface area contributed by atoms with Gasteiger partial charge in [-0.3, -0.25) is 5.41 Å². The second-order valence-corrected chi connectivity index (χ2v) is 8.90. The maximum Gasteiger partial charge on any atom is 0.135 e. The Morgan fingerprint density at radius 1 is 1.10 bits per heavy atom. The number of aliphatic hydroxyl groups is 1. The summed E-state index contributed by atoms with van der Waals surface area (Å²) in [6, 6.07) is 16.0. The molecule has 2 N–H and O–H groups in total. The Morgan fingerprint density at radius 2 is 1.79 bits per heavy atom. The molecular weight excluding hydrogens is 402 g/mol. The SMILES string of the molecule is Cc1ccc(-c2nc(C3=C(O)CN(CCc4ccc(Cl)cc4)C3=N)sc2C)cc1. The molecule has 2 heterocycles. The minimum absolute atomic E-state index is 0.218. The predicted octanol–water partition coefficient (Wildman–Crippen LogP) is 5.89. The number of hydrogen-bond donors (Lipinski definition) is 2. The van der Waals surface area contributed by atoms with Gasteiger partial charge in [0.25, 0.3) is 0 Å². The molecule has 0 amide bonds. The molecule has 6 heteroatoms. The predicted molar refractivity (Wildman–Crippen MR) is 121 cm³/mol. The van der Waals surface area contributed by atoms with E-state index >= 15 is 0 Å². The molecule has 0 bridgehead atoms. The van der Waals surface area contributed by atoms with Crippen molar-refractivity contribution in [3.8, 4) is 11.3 Å². The quantitative estimate of drug-likeness (QED) is 0.538. The monoisotopic (exact) mass is 423 g/mol. The average Bonchev–Trinajstić information content (AvgIpc) is 3.21. The van der Waals surface area contributed by atoms with Crippen molar-refractivity contribution < 1.29 is 5.11 Å². The maximum absolute atomic E-state index is 10.6. The highest BCUT2D eigenvalue weighted by Crippen LogP contribution is 2.35. The van der Waals surface area contributed by atoms with Gasteiger partial charge in [0.2, 0.25) is 0 Å². The Hall–Kier alpha value is -2.63. The third kappa shape index (κ3) is 4.07. The molecule has 1 aromatic heterocycles. The number of thiazole rings is 1. The van der Waals surface area contributed by atoms with Gasteiger partial charge in [-0.25, -0.2) is 4.98 Å². The lowest BCUT2D eigenvalue weighted by Crippen LogP contribution is -2.28. The number of aliphatic hydroxyl groups excluding tert-OH is 1. The van der Waals surface area contributed by atoms with Crippen molar-refractivity contribution in [2.24, 2.45) is 0 Å². The average molecular weight is 424 g/mol. The normalized spacial score (nSPS) is 14.2. The number of benzene rings is 2. The van der Waals surface area contributed by atoms with Gasteiger partial charge in [-0.1, -0.05) is 53.6 Å². The van der Waals surface area contributed by atoms with Crippen LogP contribution in [-0.2, 0) is 6.42 Å². The molecule has 29 heavy (non-hydrogen) atoms. The fourth-order valence-electron chi connectivity index (χ4n) is 3.45. The summed E-state index contributed by atoms with van der Waals surface area (Å²) in [4.78, 5) is 7.74. The topological polar surface area (TPSA) is 60.2 Å². The van der Waals surface area contributed by atoms with Gasteiger partial charge in [0.05, 0.1) is 17.8 Å². The van der Waals surface area contributed by atoms with Crippen molar-refractivity contribution in [2.45, 2.75) is 20.3 Å². The van der Waals surface area contributed by atoms with Gasteiger partial charge < -0.3 is 10.0 Å². The number of nitrogens with zero attached hydrogens (tertiary/aromatic N) is 2. The van der Waals surface area contributed by atoms with Gasteiger partial charge in [-0.2, -0.15) is 0 Å². The molecule has 0 saturated carbocycles. The zero-order valence-electron chi connectivity index (χ0n) is 16.4. The number of nitrogens with one attached hydrogen (secondary N) is 1. The fourth-order valence-corrected chi connectivity index (χ4v) is 4.58. The molecule has 0 unspecified atom stereocenters. The van der Waals surface area contributed by atoms with E-state index in [4.69, 9.17) is 22.0 Å². The molecule has 1 aliphatic heterocycles. The number of amidine groups is 1. The Morgan fingerprint density at radius 3 is 2.48 bits per heavy atom. The fraction of sp³-hybridized carbons (Fsp3) is 0.217. The van der Waals surface area contributed by atoms with Crippen molar-refractivity contribution in [3.63, 3.8) is 0 Å². The van der Waals surface area contributed by atoms with Crippen LogP contribution in [0.15, 0.2) is 54.3 Å². The summed E-state index contributed by atoms with van der Waals surface area (Å²) in [6.45, 7) is 5.10. The van der Waals surface area contributed by atoms with Crippen molar-refractivity contribution in [1.29, 1.82) is 5.41 Å². The van der Waals surface area contributed by atoms with E-state index in [0.29, 0.717) is 34.5 Å². The van der Waals surface area contributed by atoms with Crippen LogP contribution in [0.5, 0.6) is 0 Å². The summed E-state index contributed by atoms with van der Waals surface area (Å²) < 4.78 is 0. The maximum atomic E-state index is 10.6. The van der Waals surface area contributed by atoms with E-state index in [-0.39, 0.29) is 5.76 Å². The molecule has 0 fully saturated rings. The van der Waals surface area contributed by atoms with Gasteiger partial charge in [0, 0.05) is 22.0 Å². The van der Waals surface area contributed by atoms with Crippen LogP contribution in [0.25, 0.3) is 16.8 Å². The molecule has 2 aromatic carbocycles. The lowest BCUT2D eigenvalue weighted by atomic mass is 10.1. The number of rotatable bonds is 5. The lowest BCUT2D eigenvalue weighted by Gasteiger charge is -2.18. The summed E-state index contributed by atoms with van der Waals surface area (Å²) in [6.07, 6.45) is 0.783. The highest BCUT2D eigenvalue weighted by Gasteiger charge is 2.30. The molecule has 4 nitrogen and oxygen atoms in total. The molecule has 0 spiro atoms. The smallest absolute Gasteiger partial charge is 0.135 e. The van der Waals surface area contributed by atoms with Crippen LogP contribution in [0.2, 0.25) is 5.02 Å². The number of hydrogen-bond acceptors (Lipinski definition) is 4. The first kappa shape index (κ1) is 19.7. The highest BCUT2D eigenvalue weighted by atomic mass is 35.5. The number of aromatic nitrogens is 1. The van der Waals surface area contributed by atoms with E-state index in [1.165, 1.54) is 16.9 Å². The van der Waals surface area contributed by atoms with Gasteiger partial charge in [-0.15, -0.1) is 11.3 Å². The first-order valence-corrected chi connectivity index (χ1v) is 10.7. The van der Waals surface area contributed by atoms with Gasteiger partial charge in [0.1, 0.15) is 16.6 Å². The first-order valence-electron chi connectivity index (χ1n) is 9.47. The van der Waals surface area contributed by atoms with Crippen LogP contribution >= 0.6 is 22.9 Å². The van der Waals surface area contributed by atoms with Crippen LogP contribution < -0.4 is 0 Å². The van der Waals surface area contributed by atoms with E-state index < -0.39 is 0 Å². The van der Waals surface area contributed by atoms with E-state index in [1.54, 1.807) is 0 Å². The Kier molecular flexibility index (Phi) is 5.43. The van der Waals surface area contributed by atoms with Crippen molar-refractivity contribution in [3.05, 3.63) is 80.3 Å². The van der Waals surface area contributed by atoms with Gasteiger partial charge in [-0.05, 0) is 38.0 Å². The summed E-state index contributed by atoms with van der Waals surface area (Å²) in [7, 11) is 0. The summed E-state index contributed by atoms with van der Waals surface area (Å²) in [5.41, 5.74) is 4.88. The van der Waals surface area contributed by atoms with E-state index in [1.807, 2.05) is 36.1 Å². The third-order valence-electron chi connectivity index (χ3n) is 5.10. The van der Waals surface area contributed by atoms with Crippen molar-refractivity contribution >= 4 is 34.3 Å². The molecule has 1 aliphatic rings. The molecule has 148 valence electrons. The summed E-state index contributed by atoms with van der Waals surface area (Å²) in [5, 5.41) is 20.6. The zero-order valence-corrected chi connectivity index (χ0v) is 17.9. The van der Waals surface area contributed by atoms with Crippen LogP contribution in [0.1, 0.15) is 21.0 Å². The third-order valence-corrected chi connectivity index (χ3v) is 6.34. The standard InChI is InChI=1S/C23H22ClN3OS/c1-14-3-7-17(8-4-14)21-15(2)29-23(26-21)20-19(28)13-27(22(20)25)12-11-16-5-9-18(24)10-6-16/h3-10,25,28H,11-13H2,1-2H3. The second kappa shape index (κ2) is 8.01. The largest absolute Gasteiger partial charge is 0.510 e. The first-order chi connectivity index (χ1) is 13.9. The molecule has 4 rings (SSSR count). The summed E-state index contributed by atoms with van der Waals surface area (Å²) >= 11 is 7.47. The highest BCUT2D eigenvalue weighted by molar-refractivity contribution is 7.13. The second-order valence-electron chi connectivity index (χ2n) is 7.26. The Labute approximate surface area is 179 Å². The van der Waals surface area contributed by atoms with Crippen LogP contribution in [0.3, 0.4) is 0 Å². The molecule has 0 aliphatic carbocycles. The zero-order chi connectivity index (χ0) is 20.5. The van der Waals surface area contributed by atoms with Crippen LogP contribution in [0, 0.1) is 19.3 Å².